The summed E-state index contributed by atoms with van der Waals surface area (Å²) in [7, 11) is 0. The van der Waals surface area contributed by atoms with Crippen LogP contribution in [0.3, 0.4) is 0 Å². The molecule has 4 aromatic carbocycles. The molecule has 0 radical (unpaired) electrons. The van der Waals surface area contributed by atoms with Gasteiger partial charge in [0.15, 0.2) is 0 Å². The predicted molar refractivity (Wildman–Crippen MR) is 184 cm³/mol. The van der Waals surface area contributed by atoms with Crippen molar-refractivity contribution in [3.63, 3.8) is 0 Å². The summed E-state index contributed by atoms with van der Waals surface area (Å²) in [5.41, 5.74) is 7.42. The molecule has 47 heavy (non-hydrogen) atoms. The fraction of sp³-hybridized carbons (Fsp3) is 0.366. The van der Waals surface area contributed by atoms with Gasteiger partial charge in [0.05, 0.1) is 18.8 Å². The lowest BCUT2D eigenvalue weighted by atomic mass is 9.77. The highest BCUT2D eigenvalue weighted by atomic mass is 16.5. The Labute approximate surface area is 278 Å². The molecule has 1 heterocycles. The third-order valence-electron chi connectivity index (χ3n) is 9.35. The van der Waals surface area contributed by atoms with Crippen LogP contribution in [0.5, 0.6) is 5.75 Å². The molecule has 1 aliphatic heterocycles. The molecule has 0 amide bonds. The van der Waals surface area contributed by atoms with Crippen molar-refractivity contribution in [2.24, 2.45) is 5.92 Å². The van der Waals surface area contributed by atoms with Gasteiger partial charge in [0.1, 0.15) is 12.4 Å². The van der Waals surface area contributed by atoms with Crippen LogP contribution in [-0.4, -0.2) is 28.8 Å². The fourth-order valence-corrected chi connectivity index (χ4v) is 6.67. The quantitative estimate of drug-likeness (QED) is 0.106. The first kappa shape index (κ1) is 33.9. The van der Waals surface area contributed by atoms with Crippen molar-refractivity contribution in [2.75, 3.05) is 6.61 Å². The number of hydrogen-bond donors (Lipinski definition) is 2. The van der Waals surface area contributed by atoms with Crippen LogP contribution in [0.25, 0.3) is 0 Å². The number of rotatable bonds is 18. The molecule has 5 rings (SSSR count). The van der Waals surface area contributed by atoms with Crippen LogP contribution in [0.4, 0.5) is 0 Å². The van der Waals surface area contributed by atoms with E-state index in [0.717, 1.165) is 68.2 Å². The van der Waals surface area contributed by atoms with Crippen LogP contribution >= 0.6 is 0 Å². The largest absolute Gasteiger partial charge is 0.489 e. The van der Waals surface area contributed by atoms with Crippen LogP contribution in [0.2, 0.25) is 0 Å². The summed E-state index contributed by atoms with van der Waals surface area (Å²) >= 11 is 0. The molecule has 0 fully saturated rings. The van der Waals surface area contributed by atoms with Crippen molar-refractivity contribution in [2.45, 2.75) is 83.3 Å². The number of hydrogen-bond acceptors (Lipinski definition) is 4. The Bertz CT molecular complexity index is 1580. The SMILES string of the molecule is O=C(O)CCCCCCC(CCc1ccccc1OCc1ccc(CCc2ccccc2)cc1)C1COCc2cc(C(=O)O)ccc21. The van der Waals surface area contributed by atoms with E-state index in [1.807, 2.05) is 18.2 Å². The molecular weight excluding hydrogens is 588 g/mol. The Morgan fingerprint density at radius 3 is 2.21 bits per heavy atom. The van der Waals surface area contributed by atoms with Gasteiger partial charge in [-0.2, -0.15) is 0 Å². The number of fused-ring (bicyclic) bond motifs is 1. The summed E-state index contributed by atoms with van der Waals surface area (Å²) < 4.78 is 12.4. The minimum absolute atomic E-state index is 0.175. The van der Waals surface area contributed by atoms with Gasteiger partial charge in [-0.1, -0.05) is 98.1 Å². The summed E-state index contributed by atoms with van der Waals surface area (Å²) in [6, 6.07) is 33.0. The van der Waals surface area contributed by atoms with Gasteiger partial charge in [0.2, 0.25) is 0 Å². The molecule has 0 saturated carbocycles. The van der Waals surface area contributed by atoms with Crippen LogP contribution < -0.4 is 4.74 Å². The van der Waals surface area contributed by atoms with E-state index in [1.54, 1.807) is 12.1 Å². The molecule has 1 aliphatic rings. The number of para-hydroxylation sites is 1. The summed E-state index contributed by atoms with van der Waals surface area (Å²) in [6.45, 7) is 1.55. The van der Waals surface area contributed by atoms with E-state index < -0.39 is 11.9 Å². The van der Waals surface area contributed by atoms with E-state index >= 15 is 0 Å². The molecule has 2 atom stereocenters. The van der Waals surface area contributed by atoms with Crippen LogP contribution in [0.1, 0.15) is 94.6 Å². The van der Waals surface area contributed by atoms with Crippen LogP contribution in [0, 0.1) is 5.92 Å². The summed E-state index contributed by atoms with van der Waals surface area (Å²) in [5.74, 6) is -0.256. The Kier molecular flexibility index (Phi) is 12.6. The minimum atomic E-state index is -0.927. The highest BCUT2D eigenvalue weighted by Crippen LogP contribution is 2.38. The molecule has 246 valence electrons. The topological polar surface area (TPSA) is 93.1 Å². The summed E-state index contributed by atoms with van der Waals surface area (Å²) in [4.78, 5) is 22.5. The number of benzene rings is 4. The van der Waals surface area contributed by atoms with Gasteiger partial charge >= 0.3 is 11.9 Å². The van der Waals surface area contributed by atoms with Gasteiger partial charge in [-0.3, -0.25) is 4.79 Å². The molecule has 0 bridgehead atoms. The van der Waals surface area contributed by atoms with E-state index in [1.165, 1.54) is 22.3 Å². The Morgan fingerprint density at radius 1 is 0.745 bits per heavy atom. The van der Waals surface area contributed by atoms with Gasteiger partial charge < -0.3 is 19.7 Å². The number of aliphatic carboxylic acids is 1. The lowest BCUT2D eigenvalue weighted by molar-refractivity contribution is -0.137. The highest BCUT2D eigenvalue weighted by Gasteiger charge is 2.29. The molecule has 2 unspecified atom stereocenters. The lowest BCUT2D eigenvalue weighted by Crippen LogP contribution is -2.25. The lowest BCUT2D eigenvalue weighted by Gasteiger charge is -2.33. The summed E-state index contributed by atoms with van der Waals surface area (Å²) in [6.07, 6.45) is 8.67. The first-order chi connectivity index (χ1) is 23.0. The maximum atomic E-state index is 11.6. The number of aromatic carboxylic acids is 1. The van der Waals surface area contributed by atoms with Crippen LogP contribution in [0.15, 0.2) is 97.1 Å². The van der Waals surface area contributed by atoms with Gasteiger partial charge in [0.25, 0.3) is 0 Å². The number of carboxylic acid groups (broad SMARTS) is 2. The second kappa shape index (κ2) is 17.5. The molecular formula is C41H46O6. The van der Waals surface area contributed by atoms with Gasteiger partial charge in [-0.15, -0.1) is 0 Å². The molecule has 2 N–H and O–H groups in total. The summed E-state index contributed by atoms with van der Waals surface area (Å²) in [5, 5.41) is 18.5. The Balaban J connectivity index is 1.21. The van der Waals surface area contributed by atoms with Crippen molar-refractivity contribution >= 4 is 11.9 Å². The second-order valence-corrected chi connectivity index (χ2v) is 12.7. The average molecular weight is 635 g/mol. The van der Waals surface area contributed by atoms with E-state index in [9.17, 15) is 14.7 Å². The number of carbonyl (C=O) groups is 2. The molecule has 0 spiro atoms. The van der Waals surface area contributed by atoms with Crippen molar-refractivity contribution in [3.8, 4) is 5.75 Å². The Morgan fingerprint density at radius 2 is 1.45 bits per heavy atom. The van der Waals surface area contributed by atoms with Gasteiger partial charge in [-0.25, -0.2) is 4.79 Å². The maximum Gasteiger partial charge on any atom is 0.335 e. The molecule has 0 aliphatic carbocycles. The number of unbranched alkanes of at least 4 members (excludes halogenated alkanes) is 3. The highest BCUT2D eigenvalue weighted by molar-refractivity contribution is 5.88. The minimum Gasteiger partial charge on any atom is -0.489 e. The second-order valence-electron chi connectivity index (χ2n) is 12.7. The van der Waals surface area contributed by atoms with Crippen molar-refractivity contribution in [3.05, 3.63) is 136 Å². The van der Waals surface area contributed by atoms with E-state index in [0.29, 0.717) is 32.2 Å². The van der Waals surface area contributed by atoms with Gasteiger partial charge in [0, 0.05) is 12.3 Å². The molecule has 6 nitrogen and oxygen atoms in total. The monoisotopic (exact) mass is 634 g/mol. The zero-order valence-electron chi connectivity index (χ0n) is 27.1. The van der Waals surface area contributed by atoms with E-state index in [2.05, 4.69) is 66.7 Å². The number of ether oxygens (including phenoxy) is 2. The first-order valence-corrected chi connectivity index (χ1v) is 16.9. The number of carboxylic acids is 2. The molecule has 6 heteroatoms. The molecule has 0 saturated heterocycles. The van der Waals surface area contributed by atoms with Crippen molar-refractivity contribution in [1.29, 1.82) is 0 Å². The van der Waals surface area contributed by atoms with Crippen molar-refractivity contribution < 1.29 is 29.3 Å². The van der Waals surface area contributed by atoms with E-state index in [4.69, 9.17) is 14.6 Å². The Hall–Kier alpha value is -4.42. The first-order valence-electron chi connectivity index (χ1n) is 16.9. The van der Waals surface area contributed by atoms with Gasteiger partial charge in [-0.05, 0) is 96.0 Å². The third-order valence-corrected chi connectivity index (χ3v) is 9.35. The zero-order valence-corrected chi connectivity index (χ0v) is 27.1. The standard InChI is InChI=1S/C41H46O6/c42-40(43)15-7-2-1-6-12-33(38-29-46-28-36-26-35(41(44)45)24-25-37(36)38)22-23-34-13-8-9-14-39(34)47-27-32-20-18-31(19-21-32)17-16-30-10-4-3-5-11-30/h3-5,8-11,13-14,18-21,24-26,33,38H,1-2,6-7,12,15-17,22-23,27-29H2,(H,42,43)(H,44,45). The smallest absolute Gasteiger partial charge is 0.335 e. The average Bonchev–Trinajstić information content (AvgIpc) is 3.10. The molecule has 0 aromatic heterocycles. The zero-order chi connectivity index (χ0) is 32.8. The fourth-order valence-electron chi connectivity index (χ4n) is 6.67. The van der Waals surface area contributed by atoms with Crippen molar-refractivity contribution in [1.82, 2.24) is 0 Å². The maximum absolute atomic E-state index is 11.6. The predicted octanol–water partition coefficient (Wildman–Crippen LogP) is 9.04. The van der Waals surface area contributed by atoms with E-state index in [-0.39, 0.29) is 17.9 Å². The third kappa shape index (κ3) is 10.3. The molecule has 4 aromatic rings. The number of aryl methyl sites for hydroxylation is 3. The van der Waals surface area contributed by atoms with Crippen LogP contribution in [-0.2, 0) is 42.0 Å². The normalized spacial score (nSPS) is 14.7.